The van der Waals surface area contributed by atoms with Crippen molar-refractivity contribution in [2.45, 2.75) is 25.3 Å². The summed E-state index contributed by atoms with van der Waals surface area (Å²) in [5.41, 5.74) is 9.16. The van der Waals surface area contributed by atoms with Crippen molar-refractivity contribution in [1.29, 1.82) is 0 Å². The van der Waals surface area contributed by atoms with Gasteiger partial charge >= 0.3 is 0 Å². The number of benzene rings is 1. The van der Waals surface area contributed by atoms with Gasteiger partial charge in [-0.15, -0.1) is 23.1 Å². The van der Waals surface area contributed by atoms with Crippen LogP contribution in [0.4, 0.5) is 0 Å². The second-order valence-corrected chi connectivity index (χ2v) is 6.01. The van der Waals surface area contributed by atoms with Crippen LogP contribution >= 0.6 is 23.1 Å². The summed E-state index contributed by atoms with van der Waals surface area (Å²) in [4.78, 5) is 5.86. The Kier molecular flexibility index (Phi) is 4.20. The zero-order valence-electron chi connectivity index (χ0n) is 10.1. The number of hydrogen-bond donors (Lipinski definition) is 1. The highest BCUT2D eigenvalue weighted by atomic mass is 32.2. The van der Waals surface area contributed by atoms with Gasteiger partial charge < -0.3 is 5.73 Å². The summed E-state index contributed by atoms with van der Waals surface area (Å²) in [6.45, 7) is 4.80. The van der Waals surface area contributed by atoms with Crippen molar-refractivity contribution in [3.63, 3.8) is 0 Å². The maximum atomic E-state index is 5.61. The van der Waals surface area contributed by atoms with Crippen LogP contribution in [0.1, 0.15) is 17.5 Å². The fraction of sp³-hybridized carbons (Fsp3) is 0.308. The van der Waals surface area contributed by atoms with Crippen molar-refractivity contribution in [1.82, 2.24) is 4.98 Å². The van der Waals surface area contributed by atoms with Gasteiger partial charge in [-0.05, 0) is 24.8 Å². The van der Waals surface area contributed by atoms with Crippen molar-refractivity contribution >= 4 is 23.1 Å². The monoisotopic (exact) mass is 264 g/mol. The Bertz CT molecular complexity index is 506. The standard InChI is InChI=1S/C13H16N2S2/c1-3-16-12-5-4-9(2)6-10(12)11-8-17-13(7-14)15-11/h4-6,8H,3,7,14H2,1-2H3. The van der Waals surface area contributed by atoms with Gasteiger partial charge in [0.15, 0.2) is 0 Å². The Morgan fingerprint density at radius 2 is 2.24 bits per heavy atom. The van der Waals surface area contributed by atoms with Crippen LogP contribution in [0.25, 0.3) is 11.3 Å². The van der Waals surface area contributed by atoms with E-state index >= 15 is 0 Å². The average Bonchev–Trinajstić information content (AvgIpc) is 2.80. The van der Waals surface area contributed by atoms with E-state index in [1.54, 1.807) is 11.3 Å². The summed E-state index contributed by atoms with van der Waals surface area (Å²) in [6.07, 6.45) is 0. The lowest BCUT2D eigenvalue weighted by atomic mass is 10.1. The minimum absolute atomic E-state index is 0.521. The molecule has 90 valence electrons. The second kappa shape index (κ2) is 5.67. The lowest BCUT2D eigenvalue weighted by Crippen LogP contribution is -1.95. The number of thiazole rings is 1. The Hall–Kier alpha value is -0.840. The molecule has 0 aliphatic rings. The maximum absolute atomic E-state index is 5.61. The van der Waals surface area contributed by atoms with Gasteiger partial charge in [0.25, 0.3) is 0 Å². The SMILES string of the molecule is CCSc1ccc(C)cc1-c1csc(CN)n1. The van der Waals surface area contributed by atoms with E-state index in [0.717, 1.165) is 16.5 Å². The summed E-state index contributed by atoms with van der Waals surface area (Å²) in [5.74, 6) is 1.07. The predicted octanol–water partition coefficient (Wildman–Crippen LogP) is 3.69. The molecule has 2 N–H and O–H groups in total. The Labute approximate surface area is 110 Å². The molecule has 1 heterocycles. The summed E-state index contributed by atoms with van der Waals surface area (Å²) >= 11 is 3.49. The van der Waals surface area contributed by atoms with Crippen molar-refractivity contribution in [3.05, 3.63) is 34.2 Å². The lowest BCUT2D eigenvalue weighted by molar-refractivity contribution is 1.04. The van der Waals surface area contributed by atoms with E-state index in [-0.39, 0.29) is 0 Å². The molecular formula is C13H16N2S2. The summed E-state index contributed by atoms with van der Waals surface area (Å²) in [5, 5.41) is 3.09. The van der Waals surface area contributed by atoms with E-state index in [0.29, 0.717) is 6.54 Å². The highest BCUT2D eigenvalue weighted by Gasteiger charge is 2.09. The molecule has 0 saturated carbocycles. The van der Waals surface area contributed by atoms with Gasteiger partial charge in [-0.1, -0.05) is 18.6 Å². The first-order chi connectivity index (χ1) is 8.24. The van der Waals surface area contributed by atoms with Gasteiger partial charge in [0.05, 0.1) is 5.69 Å². The zero-order chi connectivity index (χ0) is 12.3. The fourth-order valence-corrected chi connectivity index (χ4v) is 3.12. The van der Waals surface area contributed by atoms with E-state index in [1.165, 1.54) is 16.0 Å². The number of aryl methyl sites for hydroxylation is 1. The van der Waals surface area contributed by atoms with Crippen LogP contribution in [0.2, 0.25) is 0 Å². The third kappa shape index (κ3) is 2.89. The number of nitrogens with two attached hydrogens (primary N) is 1. The lowest BCUT2D eigenvalue weighted by Gasteiger charge is -2.07. The molecule has 2 nitrogen and oxygen atoms in total. The van der Waals surface area contributed by atoms with E-state index in [9.17, 15) is 0 Å². The molecule has 4 heteroatoms. The first kappa shape index (κ1) is 12.6. The van der Waals surface area contributed by atoms with E-state index in [2.05, 4.69) is 42.4 Å². The largest absolute Gasteiger partial charge is 0.325 e. The van der Waals surface area contributed by atoms with E-state index in [4.69, 9.17) is 5.73 Å². The molecule has 1 aromatic heterocycles. The summed E-state index contributed by atoms with van der Waals surface area (Å²) in [6, 6.07) is 6.53. The third-order valence-electron chi connectivity index (χ3n) is 2.44. The van der Waals surface area contributed by atoms with Crippen LogP contribution in [0.3, 0.4) is 0 Å². The molecule has 0 saturated heterocycles. The smallest absolute Gasteiger partial charge is 0.107 e. The van der Waals surface area contributed by atoms with Gasteiger partial charge in [-0.3, -0.25) is 0 Å². The molecule has 0 atom stereocenters. The zero-order valence-corrected chi connectivity index (χ0v) is 11.7. The van der Waals surface area contributed by atoms with Crippen LogP contribution < -0.4 is 5.73 Å². The van der Waals surface area contributed by atoms with Crippen molar-refractivity contribution in [2.24, 2.45) is 5.73 Å². The first-order valence-corrected chi connectivity index (χ1v) is 7.49. The van der Waals surface area contributed by atoms with Crippen molar-refractivity contribution < 1.29 is 0 Å². The van der Waals surface area contributed by atoms with E-state index in [1.807, 2.05) is 11.8 Å². The third-order valence-corrected chi connectivity index (χ3v) is 4.26. The topological polar surface area (TPSA) is 38.9 Å². The van der Waals surface area contributed by atoms with E-state index < -0.39 is 0 Å². The Morgan fingerprint density at radius 1 is 1.41 bits per heavy atom. The molecule has 0 spiro atoms. The normalized spacial score (nSPS) is 10.8. The Balaban J connectivity index is 2.44. The first-order valence-electron chi connectivity index (χ1n) is 5.63. The van der Waals surface area contributed by atoms with Crippen LogP contribution in [0.5, 0.6) is 0 Å². The van der Waals surface area contributed by atoms with Crippen LogP contribution in [-0.2, 0) is 6.54 Å². The molecule has 2 rings (SSSR count). The van der Waals surface area contributed by atoms with Gasteiger partial charge in [-0.25, -0.2) is 4.98 Å². The number of thioether (sulfide) groups is 1. The van der Waals surface area contributed by atoms with Gasteiger partial charge in [0.2, 0.25) is 0 Å². The maximum Gasteiger partial charge on any atom is 0.107 e. The van der Waals surface area contributed by atoms with Crippen molar-refractivity contribution in [2.75, 3.05) is 5.75 Å². The molecule has 0 amide bonds. The molecule has 17 heavy (non-hydrogen) atoms. The summed E-state index contributed by atoms with van der Waals surface area (Å²) < 4.78 is 0. The van der Waals surface area contributed by atoms with Crippen LogP contribution in [-0.4, -0.2) is 10.7 Å². The fourth-order valence-electron chi connectivity index (χ4n) is 1.65. The molecule has 0 aliphatic heterocycles. The quantitative estimate of drug-likeness (QED) is 0.856. The average molecular weight is 264 g/mol. The molecule has 0 radical (unpaired) electrons. The molecule has 1 aromatic carbocycles. The highest BCUT2D eigenvalue weighted by Crippen LogP contribution is 2.32. The number of nitrogens with zero attached hydrogens (tertiary/aromatic N) is 1. The highest BCUT2D eigenvalue weighted by molar-refractivity contribution is 7.99. The van der Waals surface area contributed by atoms with Crippen molar-refractivity contribution in [3.8, 4) is 11.3 Å². The number of hydrogen-bond acceptors (Lipinski definition) is 4. The minimum Gasteiger partial charge on any atom is -0.325 e. The molecular weight excluding hydrogens is 248 g/mol. The number of rotatable bonds is 4. The number of aromatic nitrogens is 1. The molecule has 0 bridgehead atoms. The molecule has 0 aliphatic carbocycles. The van der Waals surface area contributed by atoms with Gasteiger partial charge in [0.1, 0.15) is 5.01 Å². The second-order valence-electron chi connectivity index (χ2n) is 3.76. The Morgan fingerprint density at radius 3 is 2.88 bits per heavy atom. The minimum atomic E-state index is 0.521. The van der Waals surface area contributed by atoms with Crippen LogP contribution in [0.15, 0.2) is 28.5 Å². The molecule has 0 unspecified atom stereocenters. The molecule has 2 aromatic rings. The van der Waals surface area contributed by atoms with Gasteiger partial charge in [0, 0.05) is 22.4 Å². The summed E-state index contributed by atoms with van der Waals surface area (Å²) in [7, 11) is 0. The van der Waals surface area contributed by atoms with Gasteiger partial charge in [-0.2, -0.15) is 0 Å². The van der Waals surface area contributed by atoms with Crippen LogP contribution in [0, 0.1) is 6.92 Å². The molecule has 0 fully saturated rings. The predicted molar refractivity (Wildman–Crippen MR) is 76.6 cm³/mol.